The van der Waals surface area contributed by atoms with Gasteiger partial charge >= 0.3 is 0 Å². The van der Waals surface area contributed by atoms with E-state index in [9.17, 15) is 4.79 Å². The number of carbonyl (C=O) groups is 1. The number of benzene rings is 1. The van der Waals surface area contributed by atoms with Crippen molar-refractivity contribution in [2.45, 2.75) is 45.6 Å². The number of rotatable bonds is 4. The Morgan fingerprint density at radius 2 is 2.05 bits per heavy atom. The Hall–Kier alpha value is -0.870. The lowest BCUT2D eigenvalue weighted by Gasteiger charge is -2.38. The second-order valence-corrected chi connectivity index (χ2v) is 7.24. The highest BCUT2D eigenvalue weighted by molar-refractivity contribution is 9.10. The third-order valence-electron chi connectivity index (χ3n) is 4.82. The van der Waals surface area contributed by atoms with Crippen LogP contribution < -0.4 is 11.1 Å². The lowest BCUT2D eigenvalue weighted by atomic mass is 9.70. The first-order valence-corrected chi connectivity index (χ1v) is 8.53. The molecule has 0 bridgehead atoms. The van der Waals surface area contributed by atoms with Gasteiger partial charge in [0.2, 0.25) is 5.91 Å². The molecule has 0 aromatic heterocycles. The topological polar surface area (TPSA) is 55.1 Å². The number of nitrogens with two attached hydrogens (primary N) is 1. The monoisotopic (exact) mass is 352 g/mol. The van der Waals surface area contributed by atoms with Crippen molar-refractivity contribution < 1.29 is 4.79 Å². The van der Waals surface area contributed by atoms with Crippen molar-refractivity contribution in [3.63, 3.8) is 0 Å². The van der Waals surface area contributed by atoms with Crippen LogP contribution in [0.2, 0.25) is 0 Å². The molecule has 1 saturated carbocycles. The summed E-state index contributed by atoms with van der Waals surface area (Å²) in [6, 6.07) is 7.98. The fraction of sp³-hybridized carbons (Fsp3) is 0.588. The van der Waals surface area contributed by atoms with Crippen molar-refractivity contribution in [2.24, 2.45) is 17.1 Å². The molecule has 1 fully saturated rings. The van der Waals surface area contributed by atoms with Gasteiger partial charge in [0.05, 0.1) is 11.5 Å². The highest BCUT2D eigenvalue weighted by atomic mass is 79.9. The lowest BCUT2D eigenvalue weighted by Crippen LogP contribution is -2.48. The van der Waals surface area contributed by atoms with E-state index >= 15 is 0 Å². The predicted octanol–water partition coefficient (Wildman–Crippen LogP) is 3.78. The maximum absolute atomic E-state index is 12.7. The molecule has 4 heteroatoms. The fourth-order valence-corrected chi connectivity index (χ4v) is 3.72. The molecule has 21 heavy (non-hydrogen) atoms. The van der Waals surface area contributed by atoms with Gasteiger partial charge in [0.25, 0.3) is 0 Å². The number of nitrogens with one attached hydrogen (secondary N) is 1. The Kier molecular flexibility index (Phi) is 5.44. The van der Waals surface area contributed by atoms with Crippen molar-refractivity contribution in [3.8, 4) is 0 Å². The molecule has 0 saturated heterocycles. The van der Waals surface area contributed by atoms with E-state index in [1.165, 1.54) is 0 Å². The van der Waals surface area contributed by atoms with Gasteiger partial charge in [0.1, 0.15) is 0 Å². The lowest BCUT2D eigenvalue weighted by molar-refractivity contribution is -0.133. The van der Waals surface area contributed by atoms with Crippen molar-refractivity contribution in [3.05, 3.63) is 34.3 Å². The molecular weight excluding hydrogens is 328 g/mol. The smallest absolute Gasteiger partial charge is 0.227 e. The van der Waals surface area contributed by atoms with Crippen LogP contribution in [0.5, 0.6) is 0 Å². The molecule has 1 aromatic carbocycles. The number of amides is 1. The molecule has 1 aliphatic carbocycles. The van der Waals surface area contributed by atoms with E-state index in [0.717, 1.165) is 35.7 Å². The van der Waals surface area contributed by atoms with E-state index < -0.39 is 0 Å². The Morgan fingerprint density at radius 1 is 1.43 bits per heavy atom. The standard InChI is InChI=1S/C17H25BrN2O/c1-12-7-9-17(11-19,10-8-12)16(21)20-13(2)14-5-3-4-6-15(14)18/h3-6,12-13H,7-11,19H2,1-2H3,(H,20,21)/t12?,13-,17?/m0/s1. The Balaban J connectivity index is 2.08. The highest BCUT2D eigenvalue weighted by Crippen LogP contribution is 2.39. The molecule has 0 unspecified atom stereocenters. The Labute approximate surface area is 135 Å². The molecule has 0 heterocycles. The quantitative estimate of drug-likeness (QED) is 0.866. The molecule has 3 nitrogen and oxygen atoms in total. The van der Waals surface area contributed by atoms with Gasteiger partial charge < -0.3 is 11.1 Å². The van der Waals surface area contributed by atoms with Gasteiger partial charge in [-0.1, -0.05) is 41.1 Å². The molecule has 1 aliphatic rings. The first-order chi connectivity index (χ1) is 9.98. The minimum atomic E-state index is -0.373. The minimum Gasteiger partial charge on any atom is -0.349 e. The minimum absolute atomic E-state index is 0.0177. The van der Waals surface area contributed by atoms with E-state index in [4.69, 9.17) is 5.73 Å². The molecule has 3 N–H and O–H groups in total. The second-order valence-electron chi connectivity index (χ2n) is 6.38. The van der Waals surface area contributed by atoms with Crippen molar-refractivity contribution in [1.82, 2.24) is 5.32 Å². The fourth-order valence-electron chi connectivity index (χ4n) is 3.09. The normalized spacial score (nSPS) is 27.1. The summed E-state index contributed by atoms with van der Waals surface area (Å²) in [6.07, 6.45) is 3.99. The van der Waals surface area contributed by atoms with Crippen molar-refractivity contribution >= 4 is 21.8 Å². The molecule has 1 atom stereocenters. The third kappa shape index (κ3) is 3.67. The van der Waals surface area contributed by atoms with Gasteiger partial charge in [-0.05, 0) is 50.2 Å². The number of hydrogen-bond donors (Lipinski definition) is 2. The van der Waals surface area contributed by atoms with Crippen LogP contribution in [0.15, 0.2) is 28.7 Å². The second kappa shape index (κ2) is 6.93. The van der Waals surface area contributed by atoms with Crippen LogP contribution in [-0.2, 0) is 4.79 Å². The third-order valence-corrected chi connectivity index (χ3v) is 5.55. The van der Waals surface area contributed by atoms with Crippen LogP contribution in [0.1, 0.15) is 51.1 Å². The maximum atomic E-state index is 12.7. The zero-order valence-corrected chi connectivity index (χ0v) is 14.4. The van der Waals surface area contributed by atoms with Gasteiger partial charge in [-0.3, -0.25) is 4.79 Å². The van der Waals surface area contributed by atoms with Crippen molar-refractivity contribution in [1.29, 1.82) is 0 Å². The molecule has 1 amide bonds. The van der Waals surface area contributed by atoms with E-state index in [-0.39, 0.29) is 17.4 Å². The van der Waals surface area contributed by atoms with Gasteiger partial charge in [-0.2, -0.15) is 0 Å². The molecule has 1 aromatic rings. The summed E-state index contributed by atoms with van der Waals surface area (Å²) in [5.41, 5.74) is 6.69. The average molecular weight is 353 g/mol. The zero-order chi connectivity index (χ0) is 15.5. The molecule has 0 spiro atoms. The summed E-state index contributed by atoms with van der Waals surface area (Å²) in [5.74, 6) is 0.818. The van der Waals surface area contributed by atoms with Gasteiger partial charge in [-0.15, -0.1) is 0 Å². The summed E-state index contributed by atoms with van der Waals surface area (Å²) in [5, 5.41) is 3.16. The van der Waals surface area contributed by atoms with Gasteiger partial charge in [0, 0.05) is 11.0 Å². The van der Waals surface area contributed by atoms with Crippen LogP contribution in [-0.4, -0.2) is 12.5 Å². The zero-order valence-electron chi connectivity index (χ0n) is 12.9. The van der Waals surface area contributed by atoms with E-state index in [1.54, 1.807) is 0 Å². The number of hydrogen-bond acceptors (Lipinski definition) is 2. The first kappa shape index (κ1) is 16.5. The molecular formula is C17H25BrN2O. The largest absolute Gasteiger partial charge is 0.349 e. The predicted molar refractivity (Wildman–Crippen MR) is 89.8 cm³/mol. The van der Waals surface area contributed by atoms with E-state index in [0.29, 0.717) is 12.5 Å². The summed E-state index contributed by atoms with van der Waals surface area (Å²) in [7, 11) is 0. The first-order valence-electron chi connectivity index (χ1n) is 7.74. The van der Waals surface area contributed by atoms with Crippen LogP contribution >= 0.6 is 15.9 Å². The summed E-state index contributed by atoms with van der Waals surface area (Å²) in [4.78, 5) is 12.7. The summed E-state index contributed by atoms with van der Waals surface area (Å²) in [6.45, 7) is 4.71. The molecule has 2 rings (SSSR count). The van der Waals surface area contributed by atoms with E-state index in [2.05, 4.69) is 28.2 Å². The Bertz CT molecular complexity index is 495. The van der Waals surface area contributed by atoms with E-state index in [1.807, 2.05) is 31.2 Å². The number of halogens is 1. The molecule has 0 aliphatic heterocycles. The highest BCUT2D eigenvalue weighted by Gasteiger charge is 2.40. The number of carbonyl (C=O) groups excluding carboxylic acids is 1. The summed E-state index contributed by atoms with van der Waals surface area (Å²) < 4.78 is 1.02. The van der Waals surface area contributed by atoms with Crippen LogP contribution in [0, 0.1) is 11.3 Å². The van der Waals surface area contributed by atoms with Gasteiger partial charge in [0.15, 0.2) is 0 Å². The maximum Gasteiger partial charge on any atom is 0.227 e. The molecule has 116 valence electrons. The van der Waals surface area contributed by atoms with Crippen LogP contribution in [0.25, 0.3) is 0 Å². The molecule has 0 radical (unpaired) electrons. The van der Waals surface area contributed by atoms with Crippen LogP contribution in [0.3, 0.4) is 0 Å². The van der Waals surface area contributed by atoms with Crippen LogP contribution in [0.4, 0.5) is 0 Å². The SMILES string of the molecule is CC1CCC(CN)(C(=O)N[C@@H](C)c2ccccc2Br)CC1. The summed E-state index contributed by atoms with van der Waals surface area (Å²) >= 11 is 3.55. The average Bonchev–Trinajstić information content (AvgIpc) is 2.48. The Morgan fingerprint density at radius 3 is 2.62 bits per heavy atom. The van der Waals surface area contributed by atoms with Crippen molar-refractivity contribution in [2.75, 3.05) is 6.54 Å². The van der Waals surface area contributed by atoms with Gasteiger partial charge in [-0.25, -0.2) is 0 Å².